The normalized spacial score (nSPS) is 24.5. The fourth-order valence-corrected chi connectivity index (χ4v) is 3.41. The van der Waals surface area contributed by atoms with Gasteiger partial charge in [-0.2, -0.15) is 0 Å². The Morgan fingerprint density at radius 3 is 2.42 bits per heavy atom. The van der Waals surface area contributed by atoms with Crippen molar-refractivity contribution in [3.63, 3.8) is 0 Å². The number of ether oxygens (including phenoxy) is 2. The highest BCUT2D eigenvalue weighted by Gasteiger charge is 2.40. The molecule has 0 aliphatic carbocycles. The van der Waals surface area contributed by atoms with Gasteiger partial charge in [0.15, 0.2) is 5.79 Å². The third-order valence-electron chi connectivity index (χ3n) is 4.18. The van der Waals surface area contributed by atoms with Gasteiger partial charge in [0.25, 0.3) is 0 Å². The molecule has 0 spiro atoms. The zero-order valence-electron chi connectivity index (χ0n) is 15.1. The molecule has 1 aromatic carbocycles. The Morgan fingerprint density at radius 1 is 1.21 bits per heavy atom. The summed E-state index contributed by atoms with van der Waals surface area (Å²) in [6.07, 6.45) is -0.0533. The molecule has 1 aliphatic heterocycles. The Balaban J connectivity index is 1.92. The van der Waals surface area contributed by atoms with Crippen molar-refractivity contribution in [2.45, 2.75) is 37.8 Å². The molecule has 0 unspecified atom stereocenters. The Kier molecular flexibility index (Phi) is 7.22. The van der Waals surface area contributed by atoms with E-state index in [-0.39, 0.29) is 12.2 Å². The summed E-state index contributed by atoms with van der Waals surface area (Å²) in [5.74, 6) is -0.134. The van der Waals surface area contributed by atoms with Crippen molar-refractivity contribution < 1.29 is 9.47 Å². The first-order valence-corrected chi connectivity index (χ1v) is 9.26. The molecule has 0 amide bonds. The molecule has 1 heterocycles. The Morgan fingerprint density at radius 2 is 1.83 bits per heavy atom. The summed E-state index contributed by atoms with van der Waals surface area (Å²) in [5.41, 5.74) is 7.14. The first-order valence-electron chi connectivity index (χ1n) is 8.47. The standard InChI is InChI=1S/C18H30BrN3O2/c1-18(2)23-16(9-20)17(24-18)11-21-10-14(12-22(3)4)13-5-7-15(19)8-6-13/h5-8,14,16-17,21H,9-12,20H2,1-4H3/t14-,16+,17-/m1/s1. The van der Waals surface area contributed by atoms with E-state index in [0.29, 0.717) is 12.5 Å². The lowest BCUT2D eigenvalue weighted by Gasteiger charge is -2.24. The van der Waals surface area contributed by atoms with Crippen LogP contribution in [0.1, 0.15) is 25.3 Å². The smallest absolute Gasteiger partial charge is 0.163 e. The molecule has 5 nitrogen and oxygen atoms in total. The van der Waals surface area contributed by atoms with Gasteiger partial charge in [-0.1, -0.05) is 28.1 Å². The predicted molar refractivity (Wildman–Crippen MR) is 101 cm³/mol. The van der Waals surface area contributed by atoms with E-state index < -0.39 is 5.79 Å². The van der Waals surface area contributed by atoms with Crippen LogP contribution < -0.4 is 11.1 Å². The molecule has 0 aromatic heterocycles. The molecular formula is C18H30BrN3O2. The summed E-state index contributed by atoms with van der Waals surface area (Å²) in [4.78, 5) is 2.22. The molecular weight excluding hydrogens is 370 g/mol. The first-order chi connectivity index (χ1) is 11.3. The maximum Gasteiger partial charge on any atom is 0.163 e. The molecule has 2 rings (SSSR count). The summed E-state index contributed by atoms with van der Waals surface area (Å²) in [6, 6.07) is 8.56. The largest absolute Gasteiger partial charge is 0.343 e. The molecule has 1 fully saturated rings. The van der Waals surface area contributed by atoms with Gasteiger partial charge in [-0.25, -0.2) is 0 Å². The second-order valence-electron chi connectivity index (χ2n) is 7.12. The number of halogens is 1. The zero-order valence-corrected chi connectivity index (χ0v) is 16.7. The van der Waals surface area contributed by atoms with Gasteiger partial charge in [0.2, 0.25) is 0 Å². The monoisotopic (exact) mass is 399 g/mol. The summed E-state index contributed by atoms with van der Waals surface area (Å²) in [6.45, 7) is 6.97. The molecule has 6 heteroatoms. The average Bonchev–Trinajstić information content (AvgIpc) is 2.81. The highest BCUT2D eigenvalue weighted by atomic mass is 79.9. The SMILES string of the molecule is CN(C)C[C@@H](CNC[C@H]1OC(C)(C)O[C@H]1CN)c1ccc(Br)cc1. The minimum Gasteiger partial charge on any atom is -0.343 e. The molecule has 136 valence electrons. The van der Waals surface area contributed by atoms with Crippen molar-refractivity contribution in [1.29, 1.82) is 0 Å². The number of rotatable bonds is 8. The average molecular weight is 400 g/mol. The molecule has 1 saturated heterocycles. The quantitative estimate of drug-likeness (QED) is 0.701. The van der Waals surface area contributed by atoms with Crippen molar-refractivity contribution in [3.8, 4) is 0 Å². The van der Waals surface area contributed by atoms with Crippen molar-refractivity contribution in [3.05, 3.63) is 34.3 Å². The van der Waals surface area contributed by atoms with Crippen LogP contribution in [0.2, 0.25) is 0 Å². The Labute approximate surface area is 154 Å². The maximum absolute atomic E-state index is 5.96. The summed E-state index contributed by atoms with van der Waals surface area (Å²) >= 11 is 3.50. The highest BCUT2D eigenvalue weighted by Crippen LogP contribution is 2.27. The van der Waals surface area contributed by atoms with E-state index in [9.17, 15) is 0 Å². The minimum absolute atomic E-state index is 0.00470. The van der Waals surface area contributed by atoms with E-state index in [2.05, 4.69) is 64.5 Å². The molecule has 3 N–H and O–H groups in total. The van der Waals surface area contributed by atoms with Gasteiger partial charge >= 0.3 is 0 Å². The van der Waals surface area contributed by atoms with Crippen LogP contribution in [0.3, 0.4) is 0 Å². The molecule has 0 radical (unpaired) electrons. The second kappa shape index (κ2) is 8.74. The fourth-order valence-electron chi connectivity index (χ4n) is 3.15. The summed E-state index contributed by atoms with van der Waals surface area (Å²) < 4.78 is 12.9. The Bertz CT molecular complexity index is 507. The van der Waals surface area contributed by atoms with Crippen molar-refractivity contribution in [2.75, 3.05) is 40.3 Å². The lowest BCUT2D eigenvalue weighted by atomic mass is 9.98. The lowest BCUT2D eigenvalue weighted by molar-refractivity contribution is -0.145. The van der Waals surface area contributed by atoms with Crippen LogP contribution in [-0.2, 0) is 9.47 Å². The van der Waals surface area contributed by atoms with E-state index in [4.69, 9.17) is 15.2 Å². The van der Waals surface area contributed by atoms with Gasteiger partial charge in [0.05, 0.1) is 0 Å². The topological polar surface area (TPSA) is 59.8 Å². The van der Waals surface area contributed by atoms with Gasteiger partial charge in [0, 0.05) is 36.6 Å². The number of nitrogens with one attached hydrogen (secondary N) is 1. The third-order valence-corrected chi connectivity index (χ3v) is 4.71. The molecule has 1 aromatic rings. The van der Waals surface area contributed by atoms with Gasteiger partial charge in [0.1, 0.15) is 12.2 Å². The summed E-state index contributed by atoms with van der Waals surface area (Å²) in [5, 5.41) is 3.55. The van der Waals surface area contributed by atoms with Crippen molar-refractivity contribution in [1.82, 2.24) is 10.2 Å². The van der Waals surface area contributed by atoms with Crippen LogP contribution in [0.5, 0.6) is 0 Å². The van der Waals surface area contributed by atoms with Gasteiger partial charge in [-0.05, 0) is 45.6 Å². The van der Waals surface area contributed by atoms with Crippen LogP contribution in [0.25, 0.3) is 0 Å². The second-order valence-corrected chi connectivity index (χ2v) is 8.03. The van der Waals surface area contributed by atoms with E-state index >= 15 is 0 Å². The van der Waals surface area contributed by atoms with Crippen LogP contribution >= 0.6 is 15.9 Å². The first kappa shape index (κ1) is 19.8. The molecule has 24 heavy (non-hydrogen) atoms. The molecule has 0 bridgehead atoms. The number of benzene rings is 1. The molecule has 0 saturated carbocycles. The van der Waals surface area contributed by atoms with E-state index in [1.165, 1.54) is 5.56 Å². The number of hydrogen-bond acceptors (Lipinski definition) is 5. The predicted octanol–water partition coefficient (Wildman–Crippen LogP) is 2.16. The van der Waals surface area contributed by atoms with Crippen LogP contribution in [0.15, 0.2) is 28.7 Å². The van der Waals surface area contributed by atoms with Gasteiger partial charge in [-0.3, -0.25) is 0 Å². The van der Waals surface area contributed by atoms with E-state index in [1.54, 1.807) is 0 Å². The zero-order chi connectivity index (χ0) is 17.7. The Hall–Kier alpha value is -0.500. The number of hydrogen-bond donors (Lipinski definition) is 2. The van der Waals surface area contributed by atoms with Crippen molar-refractivity contribution in [2.24, 2.45) is 5.73 Å². The number of nitrogens with two attached hydrogens (primary N) is 1. The molecule has 1 aliphatic rings. The minimum atomic E-state index is -0.550. The van der Waals surface area contributed by atoms with Gasteiger partial charge < -0.3 is 25.4 Å². The third kappa shape index (κ3) is 5.79. The number of likely N-dealkylation sites (N-methyl/N-ethyl adjacent to an activating group) is 1. The van der Waals surface area contributed by atoms with Gasteiger partial charge in [-0.15, -0.1) is 0 Å². The van der Waals surface area contributed by atoms with Crippen molar-refractivity contribution >= 4 is 15.9 Å². The fraction of sp³-hybridized carbons (Fsp3) is 0.667. The van der Waals surface area contributed by atoms with E-state index in [0.717, 1.165) is 24.1 Å². The lowest BCUT2D eigenvalue weighted by Crippen LogP contribution is -2.40. The maximum atomic E-state index is 5.96. The highest BCUT2D eigenvalue weighted by molar-refractivity contribution is 9.10. The van der Waals surface area contributed by atoms with Crippen LogP contribution in [-0.4, -0.2) is 63.2 Å². The van der Waals surface area contributed by atoms with Crippen LogP contribution in [0.4, 0.5) is 0 Å². The molecule has 3 atom stereocenters. The summed E-state index contributed by atoms with van der Waals surface area (Å²) in [7, 11) is 4.21. The van der Waals surface area contributed by atoms with E-state index in [1.807, 2.05) is 13.8 Å². The van der Waals surface area contributed by atoms with Crippen LogP contribution in [0, 0.1) is 0 Å². The number of nitrogens with zero attached hydrogens (tertiary/aromatic N) is 1.